The Labute approximate surface area is 269 Å². The molecule has 0 radical (unpaired) electrons. The Balaban J connectivity index is 1.19. The molecule has 0 aromatic heterocycles. The summed E-state index contributed by atoms with van der Waals surface area (Å²) in [5.74, 6) is -1.45. The second kappa shape index (κ2) is 13.7. The first-order valence-electron chi connectivity index (χ1n) is 14.6. The Morgan fingerprint density at radius 2 is 1.59 bits per heavy atom. The number of thioether (sulfide) groups is 1. The Morgan fingerprint density at radius 3 is 2.33 bits per heavy atom. The van der Waals surface area contributed by atoms with Crippen LogP contribution < -0.4 is 10.6 Å². The van der Waals surface area contributed by atoms with Crippen LogP contribution in [0, 0.1) is 0 Å². The Hall–Kier alpha value is -4.81. The van der Waals surface area contributed by atoms with E-state index in [1.807, 2.05) is 54.6 Å². The van der Waals surface area contributed by atoms with Crippen molar-refractivity contribution >= 4 is 46.9 Å². The lowest BCUT2D eigenvalue weighted by atomic mass is 10.0. The monoisotopic (exact) mass is 638 g/mol. The number of carbonyl (C=O) groups excluding carboxylic acids is 4. The zero-order valence-electron chi connectivity index (χ0n) is 24.7. The standard InChI is InChI=1S/C35H30N2O8S/c1-20(39)36-25-10-12-28(13-11-25)46-19-27-17-31(22-7-5-21(18-38)6-8-22)44-35(43-27)24-3-2-4-26(15-24)37-32(40)23-9-14-29-30(16-23)34(42)45-33(29)41/h2-16,27,31,35,38H,17-19H2,1H3,(H,36,39)(H,37,40)/t27-,31+,35?/m0/s1. The summed E-state index contributed by atoms with van der Waals surface area (Å²) in [6, 6.07) is 26.6. The first kappa shape index (κ1) is 31.2. The highest BCUT2D eigenvalue weighted by molar-refractivity contribution is 7.99. The maximum atomic E-state index is 13.1. The molecule has 0 aliphatic carbocycles. The van der Waals surface area contributed by atoms with Crippen molar-refractivity contribution in [2.45, 2.75) is 43.3 Å². The molecule has 234 valence electrons. The molecule has 1 saturated heterocycles. The smallest absolute Gasteiger partial charge is 0.346 e. The van der Waals surface area contributed by atoms with Crippen molar-refractivity contribution < 1.29 is 38.5 Å². The summed E-state index contributed by atoms with van der Waals surface area (Å²) in [5.41, 5.74) is 4.07. The molecular formula is C35H30N2O8S. The van der Waals surface area contributed by atoms with Gasteiger partial charge in [0.15, 0.2) is 6.29 Å². The summed E-state index contributed by atoms with van der Waals surface area (Å²) in [6.07, 6.45) is -0.604. The van der Waals surface area contributed by atoms with Crippen LogP contribution in [-0.2, 0) is 25.6 Å². The summed E-state index contributed by atoms with van der Waals surface area (Å²) >= 11 is 1.64. The average Bonchev–Trinajstić information content (AvgIpc) is 3.36. The fourth-order valence-electron chi connectivity index (χ4n) is 5.24. The van der Waals surface area contributed by atoms with Gasteiger partial charge in [0, 0.05) is 46.5 Å². The number of hydrogen-bond acceptors (Lipinski definition) is 9. The fourth-order valence-corrected chi connectivity index (χ4v) is 6.16. The molecule has 0 spiro atoms. The third kappa shape index (κ3) is 7.19. The summed E-state index contributed by atoms with van der Waals surface area (Å²) < 4.78 is 17.5. The third-order valence-electron chi connectivity index (χ3n) is 7.55. The van der Waals surface area contributed by atoms with Gasteiger partial charge in [0.1, 0.15) is 0 Å². The molecule has 0 bridgehead atoms. The number of carbonyl (C=O) groups is 4. The Morgan fingerprint density at radius 1 is 0.826 bits per heavy atom. The van der Waals surface area contributed by atoms with Gasteiger partial charge in [0.2, 0.25) is 5.91 Å². The predicted molar refractivity (Wildman–Crippen MR) is 170 cm³/mol. The number of anilines is 2. The fraction of sp³-hybridized carbons (Fsp3) is 0.200. The van der Waals surface area contributed by atoms with Gasteiger partial charge in [0.25, 0.3) is 5.91 Å². The number of aliphatic hydroxyl groups is 1. The van der Waals surface area contributed by atoms with Crippen LogP contribution in [0.2, 0.25) is 0 Å². The minimum atomic E-state index is -0.779. The topological polar surface area (TPSA) is 140 Å². The number of ether oxygens (including phenoxy) is 3. The van der Waals surface area contributed by atoms with Gasteiger partial charge in [0.05, 0.1) is 29.9 Å². The van der Waals surface area contributed by atoms with E-state index < -0.39 is 24.1 Å². The highest BCUT2D eigenvalue weighted by Crippen LogP contribution is 2.40. The van der Waals surface area contributed by atoms with E-state index in [1.165, 1.54) is 25.1 Å². The summed E-state index contributed by atoms with van der Waals surface area (Å²) in [6.45, 7) is 1.42. The molecule has 2 aliphatic heterocycles. The Kier molecular flexibility index (Phi) is 9.27. The van der Waals surface area contributed by atoms with Crippen LogP contribution in [0.15, 0.2) is 95.9 Å². The van der Waals surface area contributed by atoms with Crippen molar-refractivity contribution in [1.82, 2.24) is 0 Å². The van der Waals surface area contributed by atoms with Crippen molar-refractivity contribution in [3.8, 4) is 0 Å². The first-order chi connectivity index (χ1) is 22.2. The van der Waals surface area contributed by atoms with Gasteiger partial charge in [-0.25, -0.2) is 9.59 Å². The van der Waals surface area contributed by atoms with E-state index in [0.29, 0.717) is 23.4 Å². The maximum Gasteiger partial charge on any atom is 0.346 e. The minimum absolute atomic E-state index is 0.0519. The van der Waals surface area contributed by atoms with Crippen molar-refractivity contribution in [2.75, 3.05) is 16.4 Å². The lowest BCUT2D eigenvalue weighted by Gasteiger charge is -2.36. The number of esters is 2. The molecule has 2 heterocycles. The lowest BCUT2D eigenvalue weighted by molar-refractivity contribution is -0.245. The van der Waals surface area contributed by atoms with E-state index in [4.69, 9.17) is 9.47 Å². The van der Waals surface area contributed by atoms with Gasteiger partial charge in [-0.15, -0.1) is 11.8 Å². The highest BCUT2D eigenvalue weighted by atomic mass is 32.2. The molecule has 2 aliphatic rings. The van der Waals surface area contributed by atoms with E-state index in [0.717, 1.165) is 21.7 Å². The normalized spacial score (nSPS) is 18.9. The molecule has 1 fully saturated rings. The molecular weight excluding hydrogens is 608 g/mol. The van der Waals surface area contributed by atoms with E-state index in [1.54, 1.807) is 30.0 Å². The molecule has 10 nitrogen and oxygen atoms in total. The first-order valence-corrected chi connectivity index (χ1v) is 15.6. The number of aliphatic hydroxyl groups excluding tert-OH is 1. The van der Waals surface area contributed by atoms with Crippen molar-refractivity contribution in [3.05, 3.63) is 124 Å². The minimum Gasteiger partial charge on any atom is -0.392 e. The lowest BCUT2D eigenvalue weighted by Crippen LogP contribution is -2.31. The quantitative estimate of drug-likeness (QED) is 0.114. The number of benzene rings is 4. The van der Waals surface area contributed by atoms with Gasteiger partial charge in [-0.05, 0) is 65.7 Å². The van der Waals surface area contributed by atoms with Crippen LogP contribution >= 0.6 is 11.8 Å². The van der Waals surface area contributed by atoms with Gasteiger partial charge < -0.3 is 30.0 Å². The van der Waals surface area contributed by atoms with Crippen LogP contribution in [-0.4, -0.2) is 40.7 Å². The molecule has 1 unspecified atom stereocenters. The molecule has 3 N–H and O–H groups in total. The van der Waals surface area contributed by atoms with E-state index >= 15 is 0 Å². The molecule has 2 amide bonds. The van der Waals surface area contributed by atoms with Crippen LogP contribution in [0.1, 0.15) is 73.5 Å². The highest BCUT2D eigenvalue weighted by Gasteiger charge is 2.33. The van der Waals surface area contributed by atoms with Crippen LogP contribution in [0.5, 0.6) is 0 Å². The van der Waals surface area contributed by atoms with Gasteiger partial charge in [-0.1, -0.05) is 36.4 Å². The molecule has 4 aromatic carbocycles. The van der Waals surface area contributed by atoms with Gasteiger partial charge in [-0.2, -0.15) is 0 Å². The summed E-state index contributed by atoms with van der Waals surface area (Å²) in [4.78, 5) is 49.2. The zero-order valence-corrected chi connectivity index (χ0v) is 25.5. The molecule has 46 heavy (non-hydrogen) atoms. The second-order valence-electron chi connectivity index (χ2n) is 10.9. The maximum absolute atomic E-state index is 13.1. The van der Waals surface area contributed by atoms with Gasteiger partial charge in [-0.3, -0.25) is 9.59 Å². The number of hydrogen-bond donors (Lipinski definition) is 3. The average molecular weight is 639 g/mol. The number of cyclic esters (lactones) is 2. The van der Waals surface area contributed by atoms with Gasteiger partial charge >= 0.3 is 11.9 Å². The summed E-state index contributed by atoms with van der Waals surface area (Å²) in [5, 5.41) is 15.1. The second-order valence-corrected chi connectivity index (χ2v) is 12.0. The predicted octanol–water partition coefficient (Wildman–Crippen LogP) is 6.04. The zero-order chi connectivity index (χ0) is 32.2. The number of amides is 2. The molecule has 3 atom stereocenters. The van der Waals surface area contributed by atoms with E-state index in [2.05, 4.69) is 15.4 Å². The van der Waals surface area contributed by atoms with Crippen molar-refractivity contribution in [2.24, 2.45) is 0 Å². The molecule has 6 rings (SSSR count). The van der Waals surface area contributed by atoms with Crippen LogP contribution in [0.4, 0.5) is 11.4 Å². The molecule has 4 aromatic rings. The number of nitrogens with one attached hydrogen (secondary N) is 2. The van der Waals surface area contributed by atoms with Crippen LogP contribution in [0.25, 0.3) is 0 Å². The largest absolute Gasteiger partial charge is 0.392 e. The SMILES string of the molecule is CC(=O)Nc1ccc(SC[C@@H]2C[C@H](c3ccc(CO)cc3)OC(c3cccc(NC(=O)c4ccc5c(c4)C(=O)OC5=O)c3)O2)cc1. The number of fused-ring (bicyclic) bond motifs is 1. The Bertz CT molecular complexity index is 1790. The summed E-state index contributed by atoms with van der Waals surface area (Å²) in [7, 11) is 0. The van der Waals surface area contributed by atoms with E-state index in [-0.39, 0.29) is 41.4 Å². The third-order valence-corrected chi connectivity index (χ3v) is 8.69. The molecule has 11 heteroatoms. The van der Waals surface area contributed by atoms with E-state index in [9.17, 15) is 24.3 Å². The van der Waals surface area contributed by atoms with Crippen molar-refractivity contribution in [1.29, 1.82) is 0 Å². The molecule has 0 saturated carbocycles. The van der Waals surface area contributed by atoms with Crippen LogP contribution in [0.3, 0.4) is 0 Å². The van der Waals surface area contributed by atoms with Crippen molar-refractivity contribution in [3.63, 3.8) is 0 Å². The number of rotatable bonds is 9.